The Kier molecular flexibility index (Phi) is 4.78. The Morgan fingerprint density at radius 3 is 2.47 bits per heavy atom. The molecule has 0 radical (unpaired) electrons. The summed E-state index contributed by atoms with van der Waals surface area (Å²) >= 11 is 0. The molecule has 2 fully saturated rings. The molecule has 2 rings (SSSR count). The number of hydrogen-bond acceptors (Lipinski definition) is 4. The van der Waals surface area contributed by atoms with Gasteiger partial charge in [-0.3, -0.25) is 0 Å². The van der Waals surface area contributed by atoms with Crippen molar-refractivity contribution in [1.82, 2.24) is 9.62 Å². The van der Waals surface area contributed by atoms with E-state index in [1.807, 2.05) is 0 Å². The first-order valence-corrected chi connectivity index (χ1v) is 8.06. The van der Waals surface area contributed by atoms with Crippen LogP contribution in [0.5, 0.6) is 0 Å². The minimum atomic E-state index is -3.05. The molecule has 0 saturated carbocycles. The molecule has 0 bridgehead atoms. The Hall–Kier alpha value is -0.170. The van der Waals surface area contributed by atoms with Gasteiger partial charge in [0.25, 0.3) is 0 Å². The molecule has 2 heterocycles. The maximum absolute atomic E-state index is 12.1. The summed E-state index contributed by atoms with van der Waals surface area (Å²) in [4.78, 5) is 0. The molecule has 0 aliphatic carbocycles. The third-order valence-corrected chi connectivity index (χ3v) is 5.51. The predicted molar refractivity (Wildman–Crippen MR) is 66.4 cm³/mol. The Bertz CT molecular complexity index is 320. The van der Waals surface area contributed by atoms with Crippen LogP contribution in [0.15, 0.2) is 0 Å². The number of sulfonamides is 1. The maximum atomic E-state index is 12.1. The van der Waals surface area contributed by atoms with E-state index in [0.717, 1.165) is 32.4 Å². The molecule has 0 atom stereocenters. The topological polar surface area (TPSA) is 58.6 Å². The highest BCUT2D eigenvalue weighted by atomic mass is 32.2. The molecule has 2 aliphatic rings. The van der Waals surface area contributed by atoms with Crippen molar-refractivity contribution in [1.29, 1.82) is 0 Å². The Morgan fingerprint density at radius 2 is 1.82 bits per heavy atom. The second kappa shape index (κ2) is 6.13. The Labute approximate surface area is 104 Å². The van der Waals surface area contributed by atoms with Gasteiger partial charge in [0.2, 0.25) is 10.0 Å². The van der Waals surface area contributed by atoms with Crippen LogP contribution >= 0.6 is 0 Å². The molecular weight excluding hydrogens is 240 g/mol. The first kappa shape index (κ1) is 13.3. The van der Waals surface area contributed by atoms with Crippen LogP contribution in [0.1, 0.15) is 19.3 Å². The van der Waals surface area contributed by atoms with E-state index in [4.69, 9.17) is 4.74 Å². The monoisotopic (exact) mass is 262 g/mol. The summed E-state index contributed by atoms with van der Waals surface area (Å²) in [5, 5.41) is 3.30. The van der Waals surface area contributed by atoms with Crippen molar-refractivity contribution in [2.75, 3.05) is 45.1 Å². The smallest absolute Gasteiger partial charge is 0.214 e. The minimum absolute atomic E-state index is 0.303. The van der Waals surface area contributed by atoms with Gasteiger partial charge in [-0.25, -0.2) is 8.42 Å². The van der Waals surface area contributed by atoms with Crippen LogP contribution in [-0.2, 0) is 14.8 Å². The fourth-order valence-corrected chi connectivity index (χ4v) is 4.03. The molecule has 5 nitrogen and oxygen atoms in total. The molecule has 0 unspecified atom stereocenters. The van der Waals surface area contributed by atoms with E-state index in [2.05, 4.69) is 5.32 Å². The number of ether oxygens (including phenoxy) is 1. The molecule has 0 spiro atoms. The van der Waals surface area contributed by atoms with Gasteiger partial charge in [-0.1, -0.05) is 0 Å². The summed E-state index contributed by atoms with van der Waals surface area (Å²) in [6, 6.07) is 0. The number of morpholine rings is 1. The molecule has 0 aromatic rings. The van der Waals surface area contributed by atoms with E-state index in [9.17, 15) is 8.42 Å². The lowest BCUT2D eigenvalue weighted by molar-refractivity contribution is 0.0729. The lowest BCUT2D eigenvalue weighted by Gasteiger charge is -2.27. The van der Waals surface area contributed by atoms with Gasteiger partial charge in [0.1, 0.15) is 0 Å². The summed E-state index contributed by atoms with van der Waals surface area (Å²) in [6.07, 6.45) is 3.03. The minimum Gasteiger partial charge on any atom is -0.379 e. The molecule has 1 N–H and O–H groups in total. The first-order chi connectivity index (χ1) is 8.18. The van der Waals surface area contributed by atoms with Crippen molar-refractivity contribution in [3.8, 4) is 0 Å². The van der Waals surface area contributed by atoms with Crippen molar-refractivity contribution >= 4 is 10.0 Å². The van der Waals surface area contributed by atoms with Crippen molar-refractivity contribution in [2.24, 2.45) is 5.92 Å². The highest BCUT2D eigenvalue weighted by molar-refractivity contribution is 7.89. The second-order valence-corrected chi connectivity index (χ2v) is 6.90. The number of rotatable bonds is 4. The van der Waals surface area contributed by atoms with E-state index in [-0.39, 0.29) is 0 Å². The van der Waals surface area contributed by atoms with Gasteiger partial charge in [-0.15, -0.1) is 0 Å². The molecule has 17 heavy (non-hydrogen) atoms. The predicted octanol–water partition coefficient (Wildman–Crippen LogP) is 0.0381. The first-order valence-electron chi connectivity index (χ1n) is 6.45. The normalized spacial score (nSPS) is 24.9. The summed E-state index contributed by atoms with van der Waals surface area (Å²) in [5.41, 5.74) is 0. The molecule has 0 aromatic heterocycles. The van der Waals surface area contributed by atoms with Crippen molar-refractivity contribution < 1.29 is 13.2 Å². The number of nitrogens with zero attached hydrogens (tertiary/aromatic N) is 1. The maximum Gasteiger partial charge on any atom is 0.214 e. The second-order valence-electron chi connectivity index (χ2n) is 4.81. The Balaban J connectivity index is 1.79. The standard InChI is InChI=1S/C11H22N2O3S/c14-17(15,13-6-8-16-9-7-13)10-3-11-1-4-12-5-2-11/h11-12H,1-10H2. The lowest BCUT2D eigenvalue weighted by atomic mass is 9.96. The third-order valence-electron chi connectivity index (χ3n) is 3.61. The molecule has 2 saturated heterocycles. The van der Waals surface area contributed by atoms with Gasteiger partial charge in [-0.05, 0) is 38.3 Å². The van der Waals surface area contributed by atoms with Gasteiger partial charge in [0.15, 0.2) is 0 Å². The fraction of sp³-hybridized carbons (Fsp3) is 1.00. The van der Waals surface area contributed by atoms with Crippen molar-refractivity contribution in [3.05, 3.63) is 0 Å². The zero-order valence-electron chi connectivity index (χ0n) is 10.2. The largest absolute Gasteiger partial charge is 0.379 e. The van der Waals surface area contributed by atoms with Gasteiger partial charge < -0.3 is 10.1 Å². The van der Waals surface area contributed by atoms with Crippen molar-refractivity contribution in [2.45, 2.75) is 19.3 Å². The Morgan fingerprint density at radius 1 is 1.18 bits per heavy atom. The van der Waals surface area contributed by atoms with Crippen LogP contribution < -0.4 is 5.32 Å². The van der Waals surface area contributed by atoms with Crippen molar-refractivity contribution in [3.63, 3.8) is 0 Å². The number of piperidine rings is 1. The SMILES string of the molecule is O=S(=O)(CCC1CCNCC1)N1CCOCC1. The van der Waals surface area contributed by atoms with Gasteiger partial charge >= 0.3 is 0 Å². The van der Waals surface area contributed by atoms with E-state index >= 15 is 0 Å². The van der Waals surface area contributed by atoms with Gasteiger partial charge in [0, 0.05) is 13.1 Å². The average molecular weight is 262 g/mol. The summed E-state index contributed by atoms with van der Waals surface area (Å²) in [6.45, 7) is 4.17. The van der Waals surface area contributed by atoms with Gasteiger partial charge in [-0.2, -0.15) is 4.31 Å². The fourth-order valence-electron chi connectivity index (χ4n) is 2.44. The van der Waals surface area contributed by atoms with E-state index in [0.29, 0.717) is 38.0 Å². The van der Waals surface area contributed by atoms with E-state index in [1.165, 1.54) is 0 Å². The number of hydrogen-bond donors (Lipinski definition) is 1. The molecule has 0 aromatic carbocycles. The lowest BCUT2D eigenvalue weighted by Crippen LogP contribution is -2.42. The zero-order valence-corrected chi connectivity index (χ0v) is 11.0. The highest BCUT2D eigenvalue weighted by Gasteiger charge is 2.25. The zero-order chi connectivity index (χ0) is 12.1. The highest BCUT2D eigenvalue weighted by Crippen LogP contribution is 2.18. The third kappa shape index (κ3) is 3.91. The average Bonchev–Trinajstić information content (AvgIpc) is 2.39. The van der Waals surface area contributed by atoms with E-state index in [1.54, 1.807) is 4.31 Å². The summed E-state index contributed by atoms with van der Waals surface area (Å²) in [7, 11) is -3.05. The molecule has 2 aliphatic heterocycles. The summed E-state index contributed by atoms with van der Waals surface area (Å²) in [5.74, 6) is 0.879. The van der Waals surface area contributed by atoms with Crippen LogP contribution in [0.4, 0.5) is 0 Å². The molecular formula is C11H22N2O3S. The van der Waals surface area contributed by atoms with Crippen LogP contribution in [0.25, 0.3) is 0 Å². The van der Waals surface area contributed by atoms with Crippen LogP contribution in [0.2, 0.25) is 0 Å². The van der Waals surface area contributed by atoms with E-state index < -0.39 is 10.0 Å². The quantitative estimate of drug-likeness (QED) is 0.777. The number of nitrogens with one attached hydrogen (secondary N) is 1. The van der Waals surface area contributed by atoms with Crippen LogP contribution in [0.3, 0.4) is 0 Å². The van der Waals surface area contributed by atoms with Crippen LogP contribution in [-0.4, -0.2) is 57.9 Å². The molecule has 6 heteroatoms. The van der Waals surface area contributed by atoms with Gasteiger partial charge in [0.05, 0.1) is 19.0 Å². The summed E-state index contributed by atoms with van der Waals surface area (Å²) < 4.78 is 30.9. The molecule has 0 amide bonds. The van der Waals surface area contributed by atoms with Crippen LogP contribution in [0, 0.1) is 5.92 Å². The molecule has 100 valence electrons.